The quantitative estimate of drug-likeness (QED) is 0.881. The second-order valence-electron chi connectivity index (χ2n) is 5.68. The molecule has 1 aliphatic rings. The van der Waals surface area contributed by atoms with Crippen molar-refractivity contribution in [3.8, 4) is 0 Å². The van der Waals surface area contributed by atoms with Gasteiger partial charge in [0.1, 0.15) is 0 Å². The molecule has 0 atom stereocenters. The van der Waals surface area contributed by atoms with Crippen LogP contribution in [0.1, 0.15) is 46.2 Å². The zero-order valence-electron chi connectivity index (χ0n) is 12.3. The number of esters is 2. The van der Waals surface area contributed by atoms with E-state index in [1.54, 1.807) is 18.2 Å². The minimum atomic E-state index is -0.398. The van der Waals surface area contributed by atoms with Gasteiger partial charge in [-0.25, -0.2) is 9.59 Å². The largest absolute Gasteiger partial charge is 0.465 e. The van der Waals surface area contributed by atoms with Crippen LogP contribution in [0.5, 0.6) is 0 Å². The predicted octanol–water partition coefficient (Wildman–Crippen LogP) is 2.79. The van der Waals surface area contributed by atoms with Crippen molar-refractivity contribution in [1.29, 1.82) is 0 Å². The maximum atomic E-state index is 12.1. The van der Waals surface area contributed by atoms with E-state index in [1.807, 2.05) is 0 Å². The van der Waals surface area contributed by atoms with Gasteiger partial charge in [-0.2, -0.15) is 0 Å². The molecule has 1 aliphatic carbocycles. The van der Waals surface area contributed by atoms with Crippen molar-refractivity contribution >= 4 is 22.8 Å². The van der Waals surface area contributed by atoms with Gasteiger partial charge in [0.05, 0.1) is 25.3 Å². The molecule has 21 heavy (non-hydrogen) atoms. The van der Waals surface area contributed by atoms with E-state index in [0.29, 0.717) is 11.1 Å². The van der Waals surface area contributed by atoms with Gasteiger partial charge in [-0.05, 0) is 25.0 Å². The Balaban J connectivity index is 2.22. The van der Waals surface area contributed by atoms with Crippen molar-refractivity contribution in [2.45, 2.75) is 25.2 Å². The summed E-state index contributed by atoms with van der Waals surface area (Å²) in [5.41, 5.74) is 2.67. The lowest BCUT2D eigenvalue weighted by molar-refractivity contribution is 0.0592. The summed E-state index contributed by atoms with van der Waals surface area (Å²) in [6.45, 7) is 2.12. The molecule has 0 unspecified atom stereocenters. The van der Waals surface area contributed by atoms with Gasteiger partial charge < -0.3 is 14.5 Å². The molecule has 5 heteroatoms. The summed E-state index contributed by atoms with van der Waals surface area (Å²) in [5, 5.41) is 0.776. The molecular weight excluding hydrogens is 270 g/mol. The summed E-state index contributed by atoms with van der Waals surface area (Å²) in [4.78, 5) is 27.0. The molecule has 0 amide bonds. The second-order valence-corrected chi connectivity index (χ2v) is 5.68. The van der Waals surface area contributed by atoms with Crippen LogP contribution in [-0.2, 0) is 14.9 Å². The molecule has 1 fully saturated rings. The fourth-order valence-corrected chi connectivity index (χ4v) is 2.65. The van der Waals surface area contributed by atoms with Crippen LogP contribution < -0.4 is 0 Å². The number of nitrogens with one attached hydrogen (secondary N) is 1. The lowest BCUT2D eigenvalue weighted by Crippen LogP contribution is -2.10. The fraction of sp³-hybridized carbons (Fsp3) is 0.375. The minimum absolute atomic E-state index is 0.00598. The van der Waals surface area contributed by atoms with Gasteiger partial charge in [0.2, 0.25) is 0 Å². The third-order valence-corrected chi connectivity index (χ3v) is 4.21. The third kappa shape index (κ3) is 2.09. The predicted molar refractivity (Wildman–Crippen MR) is 77.6 cm³/mol. The van der Waals surface area contributed by atoms with Gasteiger partial charge in [0, 0.05) is 22.0 Å². The van der Waals surface area contributed by atoms with E-state index >= 15 is 0 Å². The molecule has 2 aromatic rings. The van der Waals surface area contributed by atoms with Crippen molar-refractivity contribution < 1.29 is 19.1 Å². The average Bonchev–Trinajstić information content (AvgIpc) is 3.13. The van der Waals surface area contributed by atoms with Crippen molar-refractivity contribution in [3.63, 3.8) is 0 Å². The molecule has 5 nitrogen and oxygen atoms in total. The Hall–Kier alpha value is -2.30. The number of hydrogen-bond acceptors (Lipinski definition) is 4. The van der Waals surface area contributed by atoms with Gasteiger partial charge in [-0.1, -0.05) is 13.0 Å². The number of rotatable bonds is 3. The molecule has 0 radical (unpaired) electrons. The number of methoxy groups -OCH3 is 2. The van der Waals surface area contributed by atoms with Crippen molar-refractivity contribution in [2.24, 2.45) is 0 Å². The number of ether oxygens (including phenoxy) is 2. The van der Waals surface area contributed by atoms with Crippen LogP contribution in [0.2, 0.25) is 0 Å². The number of fused-ring (bicyclic) bond motifs is 1. The monoisotopic (exact) mass is 287 g/mol. The standard InChI is InChI=1S/C16H17NO4/c1-16(6-7-16)13-12(15(19)21-3)10-5-4-9(14(18)20-2)8-11(10)17-13/h4-5,8,17H,6-7H2,1-3H3. The number of H-pyrrole nitrogens is 1. The van der Waals surface area contributed by atoms with Gasteiger partial charge in [0.25, 0.3) is 0 Å². The summed E-state index contributed by atoms with van der Waals surface area (Å²) >= 11 is 0. The Labute approximate surface area is 122 Å². The smallest absolute Gasteiger partial charge is 0.340 e. The van der Waals surface area contributed by atoms with E-state index < -0.39 is 5.97 Å². The molecule has 3 rings (SSSR count). The number of benzene rings is 1. The number of aromatic nitrogens is 1. The summed E-state index contributed by atoms with van der Waals surface area (Å²) < 4.78 is 9.64. The zero-order chi connectivity index (χ0) is 15.2. The van der Waals surface area contributed by atoms with Crippen LogP contribution in [-0.4, -0.2) is 31.1 Å². The first-order valence-electron chi connectivity index (χ1n) is 6.83. The second kappa shape index (κ2) is 4.62. The molecule has 1 aromatic carbocycles. The highest BCUT2D eigenvalue weighted by Gasteiger charge is 2.44. The van der Waals surface area contributed by atoms with Crippen molar-refractivity contribution in [1.82, 2.24) is 4.98 Å². The van der Waals surface area contributed by atoms with Crippen LogP contribution >= 0.6 is 0 Å². The SMILES string of the molecule is COC(=O)c1ccc2c(C(=O)OC)c(C3(C)CC3)[nH]c2c1. The molecular formula is C16H17NO4. The molecule has 1 saturated carbocycles. The zero-order valence-corrected chi connectivity index (χ0v) is 12.3. The average molecular weight is 287 g/mol. The molecule has 1 heterocycles. The Morgan fingerprint density at radius 2 is 1.81 bits per heavy atom. The van der Waals surface area contributed by atoms with E-state index in [1.165, 1.54) is 14.2 Å². The van der Waals surface area contributed by atoms with E-state index in [9.17, 15) is 9.59 Å². The lowest BCUT2D eigenvalue weighted by atomic mass is 9.99. The van der Waals surface area contributed by atoms with E-state index in [2.05, 4.69) is 11.9 Å². The van der Waals surface area contributed by atoms with Crippen LogP contribution in [0.4, 0.5) is 0 Å². The fourth-order valence-electron chi connectivity index (χ4n) is 2.65. The number of aromatic amines is 1. The number of carbonyl (C=O) groups excluding carboxylic acids is 2. The molecule has 110 valence electrons. The van der Waals surface area contributed by atoms with E-state index in [4.69, 9.17) is 9.47 Å². The Kier molecular flexibility index (Phi) is 3.01. The van der Waals surface area contributed by atoms with Crippen LogP contribution in [0.25, 0.3) is 10.9 Å². The highest BCUT2D eigenvalue weighted by Crippen LogP contribution is 2.49. The Morgan fingerprint density at radius 3 is 2.38 bits per heavy atom. The van der Waals surface area contributed by atoms with Crippen molar-refractivity contribution in [2.75, 3.05) is 14.2 Å². The Morgan fingerprint density at radius 1 is 1.14 bits per heavy atom. The maximum Gasteiger partial charge on any atom is 0.340 e. The van der Waals surface area contributed by atoms with Crippen LogP contribution in [0, 0.1) is 0 Å². The molecule has 1 N–H and O–H groups in total. The number of carbonyl (C=O) groups is 2. The van der Waals surface area contributed by atoms with Gasteiger partial charge >= 0.3 is 11.9 Å². The first-order chi connectivity index (χ1) is 10.00. The first kappa shape index (κ1) is 13.7. The molecule has 0 bridgehead atoms. The minimum Gasteiger partial charge on any atom is -0.465 e. The normalized spacial score (nSPS) is 15.8. The van der Waals surface area contributed by atoms with Gasteiger partial charge in [-0.15, -0.1) is 0 Å². The number of hydrogen-bond donors (Lipinski definition) is 1. The van der Waals surface area contributed by atoms with E-state index in [0.717, 1.165) is 29.4 Å². The van der Waals surface area contributed by atoms with Gasteiger partial charge in [-0.3, -0.25) is 0 Å². The maximum absolute atomic E-state index is 12.1. The summed E-state index contributed by atoms with van der Waals surface area (Å²) in [6, 6.07) is 5.13. The third-order valence-electron chi connectivity index (χ3n) is 4.21. The molecule has 0 aliphatic heterocycles. The highest BCUT2D eigenvalue weighted by molar-refractivity contribution is 6.07. The van der Waals surface area contributed by atoms with E-state index in [-0.39, 0.29) is 11.4 Å². The topological polar surface area (TPSA) is 68.4 Å². The molecule has 0 spiro atoms. The Bertz CT molecular complexity index is 740. The summed E-state index contributed by atoms with van der Waals surface area (Å²) in [5.74, 6) is -0.750. The van der Waals surface area contributed by atoms with Crippen LogP contribution in [0.15, 0.2) is 18.2 Å². The molecule has 1 aromatic heterocycles. The van der Waals surface area contributed by atoms with Crippen molar-refractivity contribution in [3.05, 3.63) is 35.0 Å². The lowest BCUT2D eigenvalue weighted by Gasteiger charge is -2.08. The van der Waals surface area contributed by atoms with Gasteiger partial charge in [0.15, 0.2) is 0 Å². The highest BCUT2D eigenvalue weighted by atomic mass is 16.5. The van der Waals surface area contributed by atoms with Crippen LogP contribution in [0.3, 0.4) is 0 Å². The molecule has 0 saturated heterocycles. The first-order valence-corrected chi connectivity index (χ1v) is 6.83. The summed E-state index contributed by atoms with van der Waals surface area (Å²) in [6.07, 6.45) is 2.07. The summed E-state index contributed by atoms with van der Waals surface area (Å²) in [7, 11) is 2.72.